The highest BCUT2D eigenvalue weighted by Gasteiger charge is 2.30. The largest absolute Gasteiger partial charge is 0.348 e. The van der Waals surface area contributed by atoms with Gasteiger partial charge < -0.3 is 15.1 Å². The van der Waals surface area contributed by atoms with Crippen LogP contribution in [-0.2, 0) is 4.79 Å². The quantitative estimate of drug-likeness (QED) is 0.822. The Morgan fingerprint density at radius 3 is 2.67 bits per heavy atom. The molecule has 6 heteroatoms. The standard InChI is InChI=1S/C18H29N5O/c1-14-5-3-6-16(15(14)2)21-17(24)13-22-9-11-23(12-10-22)18-19-7-4-8-20-18/h4,7-8,14-16H,3,5-6,9-13H2,1-2H3,(H,21,24)/p+1/t14-,15-,16+/m1/s1. The zero-order valence-corrected chi connectivity index (χ0v) is 14.9. The average Bonchev–Trinajstić information content (AvgIpc) is 2.60. The molecule has 3 atom stereocenters. The van der Waals surface area contributed by atoms with Gasteiger partial charge in [-0.25, -0.2) is 9.97 Å². The first kappa shape index (κ1) is 17.1. The average molecular weight is 332 g/mol. The van der Waals surface area contributed by atoms with Crippen molar-refractivity contribution in [1.82, 2.24) is 15.3 Å². The number of carbonyl (C=O) groups excluding carboxylic acids is 1. The topological polar surface area (TPSA) is 62.6 Å². The van der Waals surface area contributed by atoms with E-state index in [1.165, 1.54) is 17.7 Å². The predicted octanol–water partition coefficient (Wildman–Crippen LogP) is 0.122. The molecular formula is C18H30N5O+. The summed E-state index contributed by atoms with van der Waals surface area (Å²) < 4.78 is 0. The molecule has 0 radical (unpaired) electrons. The van der Waals surface area contributed by atoms with Gasteiger partial charge in [-0.15, -0.1) is 0 Å². The van der Waals surface area contributed by atoms with E-state index in [0.717, 1.165) is 38.5 Å². The summed E-state index contributed by atoms with van der Waals surface area (Å²) in [6, 6.07) is 2.20. The van der Waals surface area contributed by atoms with Gasteiger partial charge in [0.2, 0.25) is 5.95 Å². The third-order valence-corrected chi connectivity index (χ3v) is 5.77. The molecule has 24 heavy (non-hydrogen) atoms. The summed E-state index contributed by atoms with van der Waals surface area (Å²) in [6.07, 6.45) is 7.22. The van der Waals surface area contributed by atoms with Crippen LogP contribution in [0, 0.1) is 11.8 Å². The fourth-order valence-corrected chi connectivity index (χ4v) is 3.92. The molecule has 2 fully saturated rings. The van der Waals surface area contributed by atoms with Gasteiger partial charge in [0, 0.05) is 18.4 Å². The van der Waals surface area contributed by atoms with E-state index in [1.54, 1.807) is 12.4 Å². The van der Waals surface area contributed by atoms with Gasteiger partial charge in [0.15, 0.2) is 6.54 Å². The zero-order chi connectivity index (χ0) is 16.9. The molecule has 0 spiro atoms. The van der Waals surface area contributed by atoms with Gasteiger partial charge in [0.1, 0.15) is 0 Å². The van der Waals surface area contributed by atoms with Gasteiger partial charge in [-0.3, -0.25) is 4.79 Å². The number of hydrogen-bond acceptors (Lipinski definition) is 4. The number of aromatic nitrogens is 2. The highest BCUT2D eigenvalue weighted by atomic mass is 16.2. The van der Waals surface area contributed by atoms with Gasteiger partial charge >= 0.3 is 0 Å². The minimum absolute atomic E-state index is 0.209. The molecule has 1 aromatic rings. The number of nitrogens with zero attached hydrogens (tertiary/aromatic N) is 3. The lowest BCUT2D eigenvalue weighted by atomic mass is 9.78. The Labute approximate surface area is 144 Å². The maximum atomic E-state index is 12.4. The first-order valence-electron chi connectivity index (χ1n) is 9.28. The van der Waals surface area contributed by atoms with Crippen LogP contribution >= 0.6 is 0 Å². The van der Waals surface area contributed by atoms with E-state index < -0.39 is 0 Å². The first-order chi connectivity index (χ1) is 11.6. The summed E-state index contributed by atoms with van der Waals surface area (Å²) in [6.45, 7) is 8.90. The van der Waals surface area contributed by atoms with Crippen LogP contribution in [0.15, 0.2) is 18.5 Å². The summed E-state index contributed by atoms with van der Waals surface area (Å²) in [5.41, 5.74) is 0. The van der Waals surface area contributed by atoms with E-state index in [9.17, 15) is 4.79 Å². The van der Waals surface area contributed by atoms with Crippen molar-refractivity contribution in [3.63, 3.8) is 0 Å². The molecular weight excluding hydrogens is 302 g/mol. The molecule has 2 heterocycles. The molecule has 1 saturated carbocycles. The van der Waals surface area contributed by atoms with Crippen molar-refractivity contribution in [3.8, 4) is 0 Å². The normalized spacial score (nSPS) is 28.6. The molecule has 1 aliphatic heterocycles. The summed E-state index contributed by atoms with van der Waals surface area (Å²) in [4.78, 5) is 24.6. The number of anilines is 1. The monoisotopic (exact) mass is 332 g/mol. The van der Waals surface area contributed by atoms with Crippen molar-refractivity contribution < 1.29 is 9.69 Å². The van der Waals surface area contributed by atoms with Crippen LogP contribution in [0.2, 0.25) is 0 Å². The third kappa shape index (κ3) is 4.23. The Morgan fingerprint density at radius 2 is 1.96 bits per heavy atom. The number of piperazine rings is 1. The van der Waals surface area contributed by atoms with Gasteiger partial charge in [-0.05, 0) is 24.3 Å². The fourth-order valence-electron chi connectivity index (χ4n) is 3.92. The van der Waals surface area contributed by atoms with Crippen LogP contribution in [0.5, 0.6) is 0 Å². The van der Waals surface area contributed by atoms with Crippen molar-refractivity contribution in [2.24, 2.45) is 11.8 Å². The van der Waals surface area contributed by atoms with E-state index in [2.05, 4.69) is 34.0 Å². The minimum Gasteiger partial charge on any atom is -0.348 e. The highest BCUT2D eigenvalue weighted by Crippen LogP contribution is 2.29. The zero-order valence-electron chi connectivity index (χ0n) is 14.9. The molecule has 2 N–H and O–H groups in total. The summed E-state index contributed by atoms with van der Waals surface area (Å²) in [5, 5.41) is 3.29. The molecule has 3 rings (SSSR count). The number of hydrogen-bond donors (Lipinski definition) is 2. The van der Waals surface area contributed by atoms with E-state index in [-0.39, 0.29) is 5.91 Å². The van der Waals surface area contributed by atoms with Gasteiger partial charge in [-0.2, -0.15) is 0 Å². The van der Waals surface area contributed by atoms with Crippen molar-refractivity contribution in [2.45, 2.75) is 39.2 Å². The number of nitrogens with one attached hydrogen (secondary N) is 2. The second-order valence-electron chi connectivity index (χ2n) is 7.40. The fraction of sp³-hybridized carbons (Fsp3) is 0.722. The second-order valence-corrected chi connectivity index (χ2v) is 7.40. The molecule has 0 aromatic carbocycles. The van der Waals surface area contributed by atoms with Crippen LogP contribution in [-0.4, -0.2) is 54.6 Å². The lowest BCUT2D eigenvalue weighted by molar-refractivity contribution is -0.892. The van der Waals surface area contributed by atoms with Gasteiger partial charge in [0.25, 0.3) is 5.91 Å². The van der Waals surface area contributed by atoms with E-state index in [4.69, 9.17) is 0 Å². The number of quaternary nitrogens is 1. The molecule has 1 amide bonds. The smallest absolute Gasteiger partial charge is 0.275 e. The van der Waals surface area contributed by atoms with Crippen LogP contribution < -0.4 is 15.1 Å². The SMILES string of the molecule is C[C@@H]1[C@H](C)CCC[C@@H]1NC(=O)C[NH+]1CCN(c2ncccn2)CC1. The molecule has 0 unspecified atom stereocenters. The van der Waals surface area contributed by atoms with E-state index in [1.807, 2.05) is 6.07 Å². The van der Waals surface area contributed by atoms with Crippen LogP contribution in [0.1, 0.15) is 33.1 Å². The van der Waals surface area contributed by atoms with E-state index >= 15 is 0 Å². The Kier molecular flexibility index (Phi) is 5.66. The predicted molar refractivity (Wildman–Crippen MR) is 93.9 cm³/mol. The molecule has 1 aromatic heterocycles. The lowest BCUT2D eigenvalue weighted by Crippen LogP contribution is -3.16. The Balaban J connectivity index is 1.43. The van der Waals surface area contributed by atoms with Crippen molar-refractivity contribution in [2.75, 3.05) is 37.6 Å². The third-order valence-electron chi connectivity index (χ3n) is 5.77. The van der Waals surface area contributed by atoms with Crippen molar-refractivity contribution >= 4 is 11.9 Å². The minimum atomic E-state index is 0.209. The molecule has 1 aliphatic carbocycles. The van der Waals surface area contributed by atoms with Gasteiger partial charge in [-0.1, -0.05) is 26.7 Å². The molecule has 6 nitrogen and oxygen atoms in total. The summed E-state index contributed by atoms with van der Waals surface area (Å²) in [7, 11) is 0. The number of rotatable bonds is 4. The van der Waals surface area contributed by atoms with Crippen molar-refractivity contribution in [3.05, 3.63) is 18.5 Å². The summed E-state index contributed by atoms with van der Waals surface area (Å²) in [5.74, 6) is 2.31. The summed E-state index contributed by atoms with van der Waals surface area (Å²) >= 11 is 0. The Hall–Kier alpha value is -1.69. The maximum absolute atomic E-state index is 12.4. The van der Waals surface area contributed by atoms with Crippen molar-refractivity contribution in [1.29, 1.82) is 0 Å². The van der Waals surface area contributed by atoms with E-state index in [0.29, 0.717) is 24.4 Å². The number of carbonyl (C=O) groups is 1. The Bertz CT molecular complexity index is 529. The lowest BCUT2D eigenvalue weighted by Gasteiger charge is -2.35. The Morgan fingerprint density at radius 1 is 1.25 bits per heavy atom. The van der Waals surface area contributed by atoms with Gasteiger partial charge in [0.05, 0.1) is 26.2 Å². The second kappa shape index (κ2) is 7.92. The number of amides is 1. The van der Waals surface area contributed by atoms with Crippen LogP contribution in [0.25, 0.3) is 0 Å². The highest BCUT2D eigenvalue weighted by molar-refractivity contribution is 5.77. The molecule has 132 valence electrons. The van der Waals surface area contributed by atoms with Crippen LogP contribution in [0.4, 0.5) is 5.95 Å². The van der Waals surface area contributed by atoms with Crippen LogP contribution in [0.3, 0.4) is 0 Å². The molecule has 0 bridgehead atoms. The first-order valence-corrected chi connectivity index (χ1v) is 9.28. The molecule has 2 aliphatic rings. The molecule has 1 saturated heterocycles. The maximum Gasteiger partial charge on any atom is 0.275 e.